The summed E-state index contributed by atoms with van der Waals surface area (Å²) in [6.07, 6.45) is 5.51. The summed E-state index contributed by atoms with van der Waals surface area (Å²) in [5, 5.41) is 9.41. The number of aromatic nitrogens is 3. The number of aryl methyl sites for hydroxylation is 1. The Morgan fingerprint density at radius 3 is 2.86 bits per heavy atom. The van der Waals surface area contributed by atoms with Crippen LogP contribution in [0.3, 0.4) is 0 Å². The third-order valence-corrected chi connectivity index (χ3v) is 6.26. The molecule has 8 heteroatoms. The average molecular weight is 402 g/mol. The lowest BCUT2D eigenvalue weighted by atomic mass is 10.1. The van der Waals surface area contributed by atoms with E-state index in [4.69, 9.17) is 0 Å². The van der Waals surface area contributed by atoms with Gasteiger partial charge in [-0.25, -0.2) is 4.68 Å². The van der Waals surface area contributed by atoms with Crippen molar-refractivity contribution >= 4 is 33.0 Å². The first-order valence-electron chi connectivity index (χ1n) is 10.1. The smallest absolute Gasteiger partial charge is 0.291 e. The maximum Gasteiger partial charge on any atom is 0.291 e. The second-order valence-corrected chi connectivity index (χ2v) is 8.32. The standard InChI is InChI=1S/C20H27N5O2S/c1-2-18-22-24(20(27)16-13-17-15(25(16)18)7-12-28-17)14-19(26)21-8-6-11-23-9-4-3-5-10-23/h7,12-13H,2-6,8-11,14H2,1H3,(H,21,26). The molecule has 0 saturated carbocycles. The summed E-state index contributed by atoms with van der Waals surface area (Å²) in [7, 11) is 0. The van der Waals surface area contributed by atoms with Gasteiger partial charge in [-0.3, -0.25) is 14.0 Å². The number of thiophene rings is 1. The molecule has 1 aliphatic rings. The summed E-state index contributed by atoms with van der Waals surface area (Å²) in [6, 6.07) is 3.91. The lowest BCUT2D eigenvalue weighted by Crippen LogP contribution is -2.37. The van der Waals surface area contributed by atoms with E-state index < -0.39 is 0 Å². The van der Waals surface area contributed by atoms with Crippen LogP contribution in [0.15, 0.2) is 22.3 Å². The summed E-state index contributed by atoms with van der Waals surface area (Å²) < 4.78 is 4.28. The highest BCUT2D eigenvalue weighted by molar-refractivity contribution is 7.17. The Balaban J connectivity index is 1.41. The Morgan fingerprint density at radius 2 is 2.07 bits per heavy atom. The van der Waals surface area contributed by atoms with Crippen molar-refractivity contribution < 1.29 is 4.79 Å². The van der Waals surface area contributed by atoms with Crippen LogP contribution in [0.1, 0.15) is 38.4 Å². The van der Waals surface area contributed by atoms with E-state index >= 15 is 0 Å². The van der Waals surface area contributed by atoms with Crippen molar-refractivity contribution in [2.24, 2.45) is 0 Å². The Kier molecular flexibility index (Phi) is 5.77. The zero-order chi connectivity index (χ0) is 19.5. The summed E-state index contributed by atoms with van der Waals surface area (Å²) in [5.74, 6) is 0.633. The monoisotopic (exact) mass is 401 g/mol. The van der Waals surface area contributed by atoms with Crippen molar-refractivity contribution in [2.75, 3.05) is 26.2 Å². The highest BCUT2D eigenvalue weighted by Gasteiger charge is 2.16. The Morgan fingerprint density at radius 1 is 1.25 bits per heavy atom. The van der Waals surface area contributed by atoms with Crippen molar-refractivity contribution in [1.29, 1.82) is 0 Å². The van der Waals surface area contributed by atoms with Crippen molar-refractivity contribution in [3.8, 4) is 0 Å². The summed E-state index contributed by atoms with van der Waals surface area (Å²) in [4.78, 5) is 27.6. The molecule has 4 heterocycles. The molecule has 0 atom stereocenters. The van der Waals surface area contributed by atoms with E-state index in [9.17, 15) is 9.59 Å². The number of carbonyl (C=O) groups is 1. The van der Waals surface area contributed by atoms with Crippen LogP contribution in [0.5, 0.6) is 0 Å². The van der Waals surface area contributed by atoms with Gasteiger partial charge in [-0.1, -0.05) is 13.3 Å². The van der Waals surface area contributed by atoms with Crippen LogP contribution in [0.25, 0.3) is 15.7 Å². The molecule has 0 aliphatic carbocycles. The SMILES string of the molecule is CCc1nn(CC(=O)NCCCN2CCCCC2)c(=O)c2cc3sccc3n12. The Hall–Kier alpha value is -2.19. The van der Waals surface area contributed by atoms with Gasteiger partial charge in [0.1, 0.15) is 17.9 Å². The maximum atomic E-state index is 12.8. The van der Waals surface area contributed by atoms with Crippen LogP contribution >= 0.6 is 11.3 Å². The molecule has 4 rings (SSSR count). The first-order valence-corrected chi connectivity index (χ1v) is 11.0. The number of amides is 1. The molecule has 3 aromatic rings. The van der Waals surface area contributed by atoms with Crippen molar-refractivity contribution in [1.82, 2.24) is 24.4 Å². The van der Waals surface area contributed by atoms with Crippen LogP contribution < -0.4 is 10.9 Å². The topological polar surface area (TPSA) is 71.6 Å². The molecule has 0 bridgehead atoms. The minimum Gasteiger partial charge on any atom is -0.354 e. The molecule has 1 N–H and O–H groups in total. The fourth-order valence-electron chi connectivity index (χ4n) is 3.96. The van der Waals surface area contributed by atoms with Gasteiger partial charge in [0.25, 0.3) is 5.56 Å². The molecule has 28 heavy (non-hydrogen) atoms. The van der Waals surface area contributed by atoms with Gasteiger partial charge in [-0.15, -0.1) is 11.3 Å². The summed E-state index contributed by atoms with van der Waals surface area (Å²) >= 11 is 1.61. The second kappa shape index (κ2) is 8.45. The number of hydrogen-bond acceptors (Lipinski definition) is 5. The lowest BCUT2D eigenvalue weighted by molar-refractivity contribution is -0.121. The van der Waals surface area contributed by atoms with Gasteiger partial charge < -0.3 is 10.2 Å². The van der Waals surface area contributed by atoms with E-state index in [1.54, 1.807) is 11.3 Å². The Labute approximate surface area is 167 Å². The van der Waals surface area contributed by atoms with Crippen LogP contribution in [-0.4, -0.2) is 51.2 Å². The van der Waals surface area contributed by atoms with Gasteiger partial charge in [0.15, 0.2) is 0 Å². The molecule has 1 saturated heterocycles. The van der Waals surface area contributed by atoms with Crippen molar-refractivity contribution in [3.63, 3.8) is 0 Å². The third kappa shape index (κ3) is 3.84. The molecule has 0 unspecified atom stereocenters. The number of fused-ring (bicyclic) bond motifs is 3. The quantitative estimate of drug-likeness (QED) is 0.617. The van der Waals surface area contributed by atoms with Gasteiger partial charge in [-0.2, -0.15) is 5.10 Å². The summed E-state index contributed by atoms with van der Waals surface area (Å²) in [6.45, 7) is 5.96. The van der Waals surface area contributed by atoms with Crippen LogP contribution in [0.4, 0.5) is 0 Å². The first kappa shape index (κ1) is 19.1. The van der Waals surface area contributed by atoms with E-state index in [2.05, 4.69) is 15.3 Å². The fourth-order valence-corrected chi connectivity index (χ4v) is 4.77. The van der Waals surface area contributed by atoms with Crippen molar-refractivity contribution in [3.05, 3.63) is 33.7 Å². The molecule has 0 spiro atoms. The van der Waals surface area contributed by atoms with Crippen LogP contribution in [0.2, 0.25) is 0 Å². The molecule has 7 nitrogen and oxygen atoms in total. The maximum absolute atomic E-state index is 12.8. The molecule has 3 aromatic heterocycles. The highest BCUT2D eigenvalue weighted by atomic mass is 32.1. The predicted octanol–water partition coefficient (Wildman–Crippen LogP) is 2.27. The number of piperidine rings is 1. The minimum absolute atomic E-state index is 0.0368. The molecule has 0 radical (unpaired) electrons. The molecule has 1 aliphatic heterocycles. The predicted molar refractivity (Wildman–Crippen MR) is 112 cm³/mol. The van der Waals surface area contributed by atoms with E-state index in [1.807, 2.05) is 28.8 Å². The van der Waals surface area contributed by atoms with Gasteiger partial charge in [-0.05, 0) is 56.4 Å². The lowest BCUT2D eigenvalue weighted by Gasteiger charge is -2.26. The van der Waals surface area contributed by atoms with E-state index in [0.29, 0.717) is 18.5 Å². The van der Waals surface area contributed by atoms with Gasteiger partial charge >= 0.3 is 0 Å². The van der Waals surface area contributed by atoms with E-state index in [1.165, 1.54) is 37.0 Å². The Bertz CT molecular complexity index is 1030. The van der Waals surface area contributed by atoms with E-state index in [-0.39, 0.29) is 18.0 Å². The molecule has 0 aromatic carbocycles. The number of rotatable bonds is 7. The molecular formula is C20H27N5O2S. The molecule has 1 amide bonds. The molecule has 150 valence electrons. The van der Waals surface area contributed by atoms with Crippen LogP contribution in [-0.2, 0) is 17.8 Å². The average Bonchev–Trinajstić information content (AvgIpc) is 3.30. The molecular weight excluding hydrogens is 374 g/mol. The van der Waals surface area contributed by atoms with Gasteiger partial charge in [0.05, 0.1) is 10.2 Å². The van der Waals surface area contributed by atoms with Gasteiger partial charge in [0, 0.05) is 13.0 Å². The first-order chi connectivity index (χ1) is 13.7. The van der Waals surface area contributed by atoms with Gasteiger partial charge in [0.2, 0.25) is 5.91 Å². The van der Waals surface area contributed by atoms with E-state index in [0.717, 1.165) is 29.0 Å². The normalized spacial score (nSPS) is 15.5. The minimum atomic E-state index is -0.218. The zero-order valence-electron chi connectivity index (χ0n) is 16.3. The fraction of sp³-hybridized carbons (Fsp3) is 0.550. The largest absolute Gasteiger partial charge is 0.354 e. The zero-order valence-corrected chi connectivity index (χ0v) is 17.1. The van der Waals surface area contributed by atoms with Crippen LogP contribution in [0, 0.1) is 0 Å². The highest BCUT2D eigenvalue weighted by Crippen LogP contribution is 2.24. The number of carbonyl (C=O) groups excluding carboxylic acids is 1. The summed E-state index contributed by atoms with van der Waals surface area (Å²) in [5.41, 5.74) is 1.38. The number of nitrogens with one attached hydrogen (secondary N) is 1. The molecule has 1 fully saturated rings. The number of likely N-dealkylation sites (tertiary alicyclic amines) is 1. The van der Waals surface area contributed by atoms with Crippen molar-refractivity contribution in [2.45, 2.75) is 45.6 Å². The number of hydrogen-bond donors (Lipinski definition) is 1. The third-order valence-electron chi connectivity index (χ3n) is 5.40. The number of nitrogens with zero attached hydrogens (tertiary/aromatic N) is 4. The second-order valence-electron chi connectivity index (χ2n) is 7.37.